The van der Waals surface area contributed by atoms with Crippen molar-refractivity contribution >= 4 is 29.5 Å². The highest BCUT2D eigenvalue weighted by Gasteiger charge is 2.28. The number of hydrogen-bond donors (Lipinski definition) is 0. The van der Waals surface area contributed by atoms with Crippen molar-refractivity contribution in [1.82, 2.24) is 14.3 Å². The summed E-state index contributed by atoms with van der Waals surface area (Å²) in [6, 6.07) is 0. The lowest BCUT2D eigenvalue weighted by Gasteiger charge is -2.35. The monoisotopic (exact) mass is 438 g/mol. The van der Waals surface area contributed by atoms with Gasteiger partial charge in [0, 0.05) is 44.6 Å². The number of halogens is 1. The zero-order valence-electron chi connectivity index (χ0n) is 17.6. The van der Waals surface area contributed by atoms with E-state index in [0.29, 0.717) is 5.02 Å². The molecule has 1 atom stereocenters. The summed E-state index contributed by atoms with van der Waals surface area (Å²) in [5.74, 6) is 3.08. The van der Waals surface area contributed by atoms with Crippen molar-refractivity contribution in [2.75, 3.05) is 44.3 Å². The number of aromatic nitrogens is 2. The maximum atomic E-state index is 6.10. The van der Waals surface area contributed by atoms with E-state index in [-0.39, 0.29) is 0 Å². The summed E-state index contributed by atoms with van der Waals surface area (Å²) in [7, 11) is 0. The maximum absolute atomic E-state index is 6.10. The molecule has 3 aliphatic rings. The minimum absolute atomic E-state index is 0.597. The number of anilines is 1. The molecule has 2 saturated heterocycles. The molecule has 162 valence electrons. The van der Waals surface area contributed by atoms with Crippen molar-refractivity contribution in [3.05, 3.63) is 17.4 Å². The maximum Gasteiger partial charge on any atom is 0.225 e. The summed E-state index contributed by atoms with van der Waals surface area (Å²) < 4.78 is 8.69. The normalized spacial score (nSPS) is 23.4. The summed E-state index contributed by atoms with van der Waals surface area (Å²) in [5.41, 5.74) is 0. The molecule has 1 aromatic rings. The van der Waals surface area contributed by atoms with Gasteiger partial charge in [0.2, 0.25) is 5.95 Å². The summed E-state index contributed by atoms with van der Waals surface area (Å²) in [4.78, 5) is 11.0. The second kappa shape index (κ2) is 10.7. The lowest BCUT2D eigenvalue weighted by molar-refractivity contribution is 0.0667. The minimum atomic E-state index is 0.597. The van der Waals surface area contributed by atoms with E-state index in [2.05, 4.69) is 38.0 Å². The van der Waals surface area contributed by atoms with Crippen LogP contribution in [0.5, 0.6) is 0 Å². The van der Waals surface area contributed by atoms with Crippen LogP contribution in [0.3, 0.4) is 0 Å². The first-order chi connectivity index (χ1) is 14.2. The van der Waals surface area contributed by atoms with Crippen LogP contribution in [-0.4, -0.2) is 58.9 Å². The molecule has 0 radical (unpaired) electrons. The molecule has 3 heterocycles. The van der Waals surface area contributed by atoms with Gasteiger partial charge >= 0.3 is 0 Å². The highest BCUT2D eigenvalue weighted by atomic mass is 35.5. The molecule has 0 amide bonds. The third-order valence-corrected chi connectivity index (χ3v) is 8.33. The number of rotatable bonds is 9. The Balaban J connectivity index is 1.07. The first-order valence-corrected chi connectivity index (χ1v) is 12.6. The van der Waals surface area contributed by atoms with E-state index in [9.17, 15) is 0 Å². The Hall–Kier alpha value is -0.560. The quantitative estimate of drug-likeness (QED) is 0.403. The van der Waals surface area contributed by atoms with Crippen molar-refractivity contribution in [2.24, 2.45) is 17.8 Å². The molecule has 2 aliphatic heterocycles. The van der Waals surface area contributed by atoms with Gasteiger partial charge in [0.05, 0.1) is 17.4 Å². The van der Waals surface area contributed by atoms with Gasteiger partial charge < -0.3 is 9.64 Å². The van der Waals surface area contributed by atoms with Crippen LogP contribution in [0.2, 0.25) is 5.02 Å². The average Bonchev–Trinajstić information content (AvgIpc) is 3.57. The molecule has 0 N–H and O–H groups in total. The van der Waals surface area contributed by atoms with Gasteiger partial charge in [-0.25, -0.2) is 9.97 Å². The van der Waals surface area contributed by atoms with Crippen LogP contribution >= 0.6 is 23.5 Å². The Bertz CT molecular complexity index is 614. The first kappa shape index (κ1) is 21.7. The Morgan fingerprint density at radius 1 is 1.07 bits per heavy atom. The highest BCUT2D eigenvalue weighted by molar-refractivity contribution is 7.97. The predicted octanol–water partition coefficient (Wildman–Crippen LogP) is 4.91. The molecule has 5 nitrogen and oxygen atoms in total. The van der Waals surface area contributed by atoms with Gasteiger partial charge in [0.1, 0.15) is 0 Å². The van der Waals surface area contributed by atoms with E-state index in [1.165, 1.54) is 58.0 Å². The number of hydrogen-bond acceptors (Lipinski definition) is 6. The van der Waals surface area contributed by atoms with E-state index in [0.717, 1.165) is 55.3 Å². The van der Waals surface area contributed by atoms with Gasteiger partial charge in [-0.05, 0) is 62.7 Å². The van der Waals surface area contributed by atoms with Crippen LogP contribution in [0.4, 0.5) is 5.95 Å². The number of ether oxygens (including phenoxy) is 1. The molecule has 1 aliphatic carbocycles. The molecule has 1 aromatic heterocycles. The predicted molar refractivity (Wildman–Crippen MR) is 121 cm³/mol. The van der Waals surface area contributed by atoms with E-state index in [1.807, 2.05) is 0 Å². The third kappa shape index (κ3) is 6.71. The number of nitrogens with zero attached hydrogens (tertiary/aromatic N) is 4. The molecule has 0 spiro atoms. The van der Waals surface area contributed by atoms with Gasteiger partial charge in [-0.2, -0.15) is 0 Å². The molecule has 0 bridgehead atoms. The molecule has 4 rings (SSSR count). The van der Waals surface area contributed by atoms with Crippen molar-refractivity contribution in [2.45, 2.75) is 57.1 Å². The molecule has 3 fully saturated rings. The lowest BCUT2D eigenvalue weighted by Crippen LogP contribution is -2.36. The molecule has 0 unspecified atom stereocenters. The van der Waals surface area contributed by atoms with Crippen molar-refractivity contribution in [3.8, 4) is 0 Å². The molecule has 0 aromatic carbocycles. The number of piperidine rings is 2. The summed E-state index contributed by atoms with van der Waals surface area (Å²) >= 11 is 8.00. The Morgan fingerprint density at radius 3 is 2.41 bits per heavy atom. The lowest BCUT2D eigenvalue weighted by atomic mass is 9.84. The van der Waals surface area contributed by atoms with Gasteiger partial charge in [-0.3, -0.25) is 4.31 Å². The highest BCUT2D eigenvalue weighted by Crippen LogP contribution is 2.38. The van der Waals surface area contributed by atoms with Crippen LogP contribution in [0.25, 0.3) is 0 Å². The zero-order valence-corrected chi connectivity index (χ0v) is 19.2. The molecular weight excluding hydrogens is 404 g/mol. The fourth-order valence-corrected chi connectivity index (χ4v) is 5.75. The van der Waals surface area contributed by atoms with Gasteiger partial charge in [0.25, 0.3) is 0 Å². The van der Waals surface area contributed by atoms with Crippen LogP contribution in [0.15, 0.2) is 12.4 Å². The largest absolute Gasteiger partial charge is 0.381 e. The minimum Gasteiger partial charge on any atom is -0.381 e. The van der Waals surface area contributed by atoms with Crippen molar-refractivity contribution < 1.29 is 4.74 Å². The SMILES string of the molecule is C[C@@H](CCOCC1CCN(SC2CC2)CC1)C1CCN(c2ncc(Cl)cn2)CC1. The molecule has 1 saturated carbocycles. The topological polar surface area (TPSA) is 41.5 Å². The molecular formula is C22H35ClN4OS. The van der Waals surface area contributed by atoms with Crippen LogP contribution in [0.1, 0.15) is 51.9 Å². The smallest absolute Gasteiger partial charge is 0.225 e. The second-order valence-corrected chi connectivity index (χ2v) is 10.9. The standard InChI is InChI=1S/C22H35ClN4OS/c1-17(19-6-9-26(10-7-19)22-24-14-20(23)15-25-22)8-13-28-16-18-4-11-27(12-5-18)29-21-2-3-21/h14-15,17-19,21H,2-13,16H2,1H3/t17-/m0/s1. The third-order valence-electron chi connectivity index (χ3n) is 6.70. The van der Waals surface area contributed by atoms with Crippen LogP contribution in [-0.2, 0) is 4.74 Å². The molecule has 29 heavy (non-hydrogen) atoms. The van der Waals surface area contributed by atoms with E-state index in [4.69, 9.17) is 16.3 Å². The summed E-state index contributed by atoms with van der Waals surface area (Å²) in [6.07, 6.45) is 12.4. The second-order valence-electron chi connectivity index (χ2n) is 9.04. The van der Waals surface area contributed by atoms with Crippen molar-refractivity contribution in [1.29, 1.82) is 0 Å². The van der Waals surface area contributed by atoms with Crippen molar-refractivity contribution in [3.63, 3.8) is 0 Å². The first-order valence-electron chi connectivity index (χ1n) is 11.4. The molecule has 7 heteroatoms. The van der Waals surface area contributed by atoms with E-state index < -0.39 is 0 Å². The Morgan fingerprint density at radius 2 is 1.76 bits per heavy atom. The Labute approximate surface area is 185 Å². The fraction of sp³-hybridized carbons (Fsp3) is 0.818. The average molecular weight is 439 g/mol. The van der Waals surface area contributed by atoms with E-state index >= 15 is 0 Å². The van der Waals surface area contributed by atoms with Crippen LogP contribution in [0, 0.1) is 17.8 Å². The summed E-state index contributed by atoms with van der Waals surface area (Å²) in [6.45, 7) is 8.85. The summed E-state index contributed by atoms with van der Waals surface area (Å²) in [5, 5.41) is 1.54. The fourth-order valence-electron chi connectivity index (χ4n) is 4.46. The van der Waals surface area contributed by atoms with Gasteiger partial charge in [-0.15, -0.1) is 0 Å². The van der Waals surface area contributed by atoms with Gasteiger partial charge in [0.15, 0.2) is 0 Å². The van der Waals surface area contributed by atoms with Crippen LogP contribution < -0.4 is 4.90 Å². The van der Waals surface area contributed by atoms with Gasteiger partial charge in [-0.1, -0.05) is 30.5 Å². The zero-order chi connectivity index (χ0) is 20.1. The Kier molecular flexibility index (Phi) is 7.96. The van der Waals surface area contributed by atoms with E-state index in [1.54, 1.807) is 12.4 Å².